The number of amides is 2. The summed E-state index contributed by atoms with van der Waals surface area (Å²) in [7, 11) is 0. The number of rotatable bonds is 7. The zero-order valence-electron chi connectivity index (χ0n) is 12.4. The van der Waals surface area contributed by atoms with Gasteiger partial charge in [0.2, 0.25) is 5.91 Å². The number of hydrogen-bond donors (Lipinski definition) is 3. The molecule has 1 saturated carbocycles. The highest BCUT2D eigenvalue weighted by molar-refractivity contribution is 7.18. The van der Waals surface area contributed by atoms with Crippen LogP contribution in [0.2, 0.25) is 0 Å². The first-order valence-electron chi connectivity index (χ1n) is 7.32. The highest BCUT2D eigenvalue weighted by atomic mass is 32.1. The highest BCUT2D eigenvalue weighted by Gasteiger charge is 2.29. The Morgan fingerprint density at radius 3 is 2.71 bits per heavy atom. The second kappa shape index (κ2) is 7.04. The molecule has 0 saturated heterocycles. The lowest BCUT2D eigenvalue weighted by Crippen LogP contribution is -2.32. The van der Waals surface area contributed by atoms with Crippen LogP contribution in [0, 0.1) is 11.8 Å². The van der Waals surface area contributed by atoms with E-state index in [4.69, 9.17) is 0 Å². The molecule has 1 atom stereocenters. The Balaban J connectivity index is 1.79. The first-order chi connectivity index (χ1) is 9.95. The Labute approximate surface area is 128 Å². The fourth-order valence-corrected chi connectivity index (χ4v) is 2.85. The largest absolute Gasteiger partial charge is 0.391 e. The molecule has 0 radical (unpaired) electrons. The standard InChI is InChI=1S/C15H22N2O3S/c1-9(2)7-11(18)8-16-15(20)12-5-6-13(21-12)17-14(19)10-3-4-10/h5-6,9-11,18H,3-4,7-8H2,1-2H3,(H,16,20)(H,17,19). The predicted octanol–water partition coefficient (Wildman–Crippen LogP) is 2.23. The summed E-state index contributed by atoms with van der Waals surface area (Å²) in [5.74, 6) is 0.365. The van der Waals surface area contributed by atoms with Gasteiger partial charge in [-0.1, -0.05) is 13.8 Å². The zero-order valence-corrected chi connectivity index (χ0v) is 13.2. The molecule has 3 N–H and O–H groups in total. The zero-order chi connectivity index (χ0) is 15.4. The Morgan fingerprint density at radius 1 is 1.38 bits per heavy atom. The number of carbonyl (C=O) groups excluding carboxylic acids is 2. The maximum Gasteiger partial charge on any atom is 0.261 e. The van der Waals surface area contributed by atoms with Gasteiger partial charge in [-0.25, -0.2) is 0 Å². The molecule has 1 aliphatic carbocycles. The molecule has 21 heavy (non-hydrogen) atoms. The van der Waals surface area contributed by atoms with Gasteiger partial charge in [0.15, 0.2) is 0 Å². The number of hydrogen-bond acceptors (Lipinski definition) is 4. The van der Waals surface area contributed by atoms with Crippen molar-refractivity contribution in [1.29, 1.82) is 0 Å². The van der Waals surface area contributed by atoms with E-state index in [1.165, 1.54) is 11.3 Å². The van der Waals surface area contributed by atoms with Gasteiger partial charge in [-0.3, -0.25) is 9.59 Å². The number of aliphatic hydroxyl groups is 1. The van der Waals surface area contributed by atoms with Gasteiger partial charge in [0, 0.05) is 12.5 Å². The summed E-state index contributed by atoms with van der Waals surface area (Å²) in [6, 6.07) is 3.43. The third kappa shape index (κ3) is 5.13. The third-order valence-corrected chi connectivity index (χ3v) is 4.27. The summed E-state index contributed by atoms with van der Waals surface area (Å²) in [6.45, 7) is 4.30. The van der Waals surface area contributed by atoms with Crippen LogP contribution in [0.1, 0.15) is 42.8 Å². The van der Waals surface area contributed by atoms with E-state index in [1.54, 1.807) is 12.1 Å². The maximum atomic E-state index is 12.0. The topological polar surface area (TPSA) is 78.4 Å². The van der Waals surface area contributed by atoms with Crippen LogP contribution in [0.3, 0.4) is 0 Å². The van der Waals surface area contributed by atoms with Crippen molar-refractivity contribution in [2.75, 3.05) is 11.9 Å². The van der Waals surface area contributed by atoms with Crippen molar-refractivity contribution in [3.05, 3.63) is 17.0 Å². The molecule has 0 aromatic carbocycles. The summed E-state index contributed by atoms with van der Waals surface area (Å²) in [6.07, 6.45) is 2.05. The van der Waals surface area contributed by atoms with Crippen LogP contribution in [0.25, 0.3) is 0 Å². The molecule has 1 heterocycles. The van der Waals surface area contributed by atoms with Gasteiger partial charge in [-0.2, -0.15) is 0 Å². The molecule has 2 amide bonds. The molecular weight excluding hydrogens is 288 g/mol. The number of nitrogens with one attached hydrogen (secondary N) is 2. The summed E-state index contributed by atoms with van der Waals surface area (Å²) in [5.41, 5.74) is 0. The second-order valence-corrected chi connectivity index (χ2v) is 7.00. The van der Waals surface area contributed by atoms with E-state index < -0.39 is 6.10 Å². The van der Waals surface area contributed by atoms with Crippen molar-refractivity contribution in [3.8, 4) is 0 Å². The van der Waals surface area contributed by atoms with Crippen LogP contribution in [0.15, 0.2) is 12.1 Å². The van der Waals surface area contributed by atoms with Crippen LogP contribution >= 0.6 is 11.3 Å². The molecule has 1 aromatic heterocycles. The van der Waals surface area contributed by atoms with E-state index in [9.17, 15) is 14.7 Å². The van der Waals surface area contributed by atoms with Crippen LogP contribution in [0.5, 0.6) is 0 Å². The molecule has 1 fully saturated rings. The molecule has 1 unspecified atom stereocenters. The van der Waals surface area contributed by atoms with Crippen molar-refractivity contribution in [2.45, 2.75) is 39.2 Å². The minimum absolute atomic E-state index is 0.0381. The SMILES string of the molecule is CC(C)CC(O)CNC(=O)c1ccc(NC(=O)C2CC2)s1. The smallest absolute Gasteiger partial charge is 0.261 e. The molecule has 0 aliphatic heterocycles. The molecule has 0 bridgehead atoms. The lowest BCUT2D eigenvalue weighted by Gasteiger charge is -2.13. The van der Waals surface area contributed by atoms with Crippen LogP contribution in [-0.2, 0) is 4.79 Å². The summed E-state index contributed by atoms with van der Waals surface area (Å²) in [4.78, 5) is 24.1. The van der Waals surface area contributed by atoms with E-state index in [-0.39, 0.29) is 24.3 Å². The van der Waals surface area contributed by atoms with E-state index in [1.807, 2.05) is 13.8 Å². The monoisotopic (exact) mass is 310 g/mol. The molecule has 0 spiro atoms. The first-order valence-corrected chi connectivity index (χ1v) is 8.14. The highest BCUT2D eigenvalue weighted by Crippen LogP contribution is 2.31. The lowest BCUT2D eigenvalue weighted by atomic mass is 10.1. The lowest BCUT2D eigenvalue weighted by molar-refractivity contribution is -0.117. The van der Waals surface area contributed by atoms with Gasteiger partial charge >= 0.3 is 0 Å². The minimum atomic E-state index is -0.525. The quantitative estimate of drug-likeness (QED) is 0.722. The Kier molecular flexibility index (Phi) is 5.36. The first kappa shape index (κ1) is 16.0. The van der Waals surface area contributed by atoms with Gasteiger partial charge in [-0.15, -0.1) is 11.3 Å². The fourth-order valence-electron chi connectivity index (χ4n) is 2.02. The Bertz CT molecular complexity index is 509. The molecule has 5 nitrogen and oxygen atoms in total. The van der Waals surface area contributed by atoms with Gasteiger partial charge in [0.1, 0.15) is 0 Å². The molecular formula is C15H22N2O3S. The average Bonchev–Trinajstić information content (AvgIpc) is 3.16. The van der Waals surface area contributed by atoms with E-state index >= 15 is 0 Å². The van der Waals surface area contributed by atoms with Crippen LogP contribution in [-0.4, -0.2) is 29.6 Å². The van der Waals surface area contributed by atoms with E-state index in [0.29, 0.717) is 22.2 Å². The summed E-state index contributed by atoms with van der Waals surface area (Å²) < 4.78 is 0. The number of thiophene rings is 1. The minimum Gasteiger partial charge on any atom is -0.391 e. The van der Waals surface area contributed by atoms with Crippen molar-refractivity contribution in [3.63, 3.8) is 0 Å². The van der Waals surface area contributed by atoms with Gasteiger partial charge in [0.25, 0.3) is 5.91 Å². The Hall–Kier alpha value is -1.40. The maximum absolute atomic E-state index is 12.0. The fraction of sp³-hybridized carbons (Fsp3) is 0.600. The van der Waals surface area contributed by atoms with E-state index in [2.05, 4.69) is 10.6 Å². The number of carbonyl (C=O) groups is 2. The third-order valence-electron chi connectivity index (χ3n) is 3.27. The van der Waals surface area contributed by atoms with E-state index in [0.717, 1.165) is 12.8 Å². The van der Waals surface area contributed by atoms with Crippen LogP contribution in [0.4, 0.5) is 5.00 Å². The number of aliphatic hydroxyl groups excluding tert-OH is 1. The normalized spacial score (nSPS) is 15.8. The second-order valence-electron chi connectivity index (χ2n) is 5.92. The van der Waals surface area contributed by atoms with Crippen molar-refractivity contribution in [2.24, 2.45) is 11.8 Å². The summed E-state index contributed by atoms with van der Waals surface area (Å²) in [5, 5.41) is 16.0. The number of anilines is 1. The average molecular weight is 310 g/mol. The van der Waals surface area contributed by atoms with Crippen molar-refractivity contribution in [1.82, 2.24) is 5.32 Å². The Morgan fingerprint density at radius 2 is 2.10 bits per heavy atom. The van der Waals surface area contributed by atoms with Gasteiger partial charge in [-0.05, 0) is 37.3 Å². The van der Waals surface area contributed by atoms with Crippen LogP contribution < -0.4 is 10.6 Å². The van der Waals surface area contributed by atoms with Gasteiger partial charge in [0.05, 0.1) is 16.0 Å². The molecule has 1 aliphatic rings. The predicted molar refractivity (Wildman–Crippen MR) is 83.5 cm³/mol. The molecule has 2 rings (SSSR count). The van der Waals surface area contributed by atoms with Crippen molar-refractivity contribution < 1.29 is 14.7 Å². The molecule has 1 aromatic rings. The van der Waals surface area contributed by atoms with Gasteiger partial charge < -0.3 is 15.7 Å². The molecule has 6 heteroatoms. The summed E-state index contributed by atoms with van der Waals surface area (Å²) >= 11 is 1.25. The van der Waals surface area contributed by atoms with Crippen molar-refractivity contribution >= 4 is 28.2 Å². The molecule has 116 valence electrons.